The number of nitriles is 1. The van der Waals surface area contributed by atoms with E-state index in [0.717, 1.165) is 11.1 Å². The van der Waals surface area contributed by atoms with Crippen molar-refractivity contribution in [2.75, 3.05) is 4.90 Å². The fourth-order valence-electron chi connectivity index (χ4n) is 3.22. The van der Waals surface area contributed by atoms with E-state index in [1.807, 2.05) is 39.0 Å². The molecular formula is C24H22N6O2. The Morgan fingerprint density at radius 1 is 1.16 bits per heavy atom. The minimum atomic E-state index is -0.676. The van der Waals surface area contributed by atoms with E-state index in [-0.39, 0.29) is 6.54 Å². The van der Waals surface area contributed by atoms with Gasteiger partial charge in [-0.1, -0.05) is 18.2 Å². The number of ether oxygens (including phenoxy) is 1. The molecule has 1 amide bonds. The van der Waals surface area contributed by atoms with Gasteiger partial charge in [0.25, 0.3) is 0 Å². The Balaban J connectivity index is 1.86. The highest BCUT2D eigenvalue weighted by atomic mass is 16.6. The molecule has 1 aromatic carbocycles. The van der Waals surface area contributed by atoms with E-state index in [1.165, 1.54) is 4.90 Å². The van der Waals surface area contributed by atoms with Crippen LogP contribution in [0.2, 0.25) is 0 Å². The molecule has 4 rings (SSSR count). The molecule has 0 unspecified atom stereocenters. The van der Waals surface area contributed by atoms with Crippen LogP contribution in [0.4, 0.5) is 10.6 Å². The molecule has 0 spiro atoms. The molecule has 32 heavy (non-hydrogen) atoms. The van der Waals surface area contributed by atoms with E-state index in [2.05, 4.69) is 21.1 Å². The molecule has 3 heterocycles. The number of hydrogen-bond acceptors (Lipinski definition) is 6. The van der Waals surface area contributed by atoms with Crippen molar-refractivity contribution in [1.82, 2.24) is 19.6 Å². The Kier molecular flexibility index (Phi) is 5.56. The van der Waals surface area contributed by atoms with Crippen molar-refractivity contribution in [1.29, 1.82) is 5.26 Å². The number of benzene rings is 1. The Morgan fingerprint density at radius 3 is 2.72 bits per heavy atom. The van der Waals surface area contributed by atoms with Gasteiger partial charge in [-0.25, -0.2) is 9.78 Å². The number of amides is 1. The Bertz CT molecular complexity index is 1300. The maximum Gasteiger partial charge on any atom is 0.416 e. The first-order valence-corrected chi connectivity index (χ1v) is 10.1. The molecule has 4 aromatic rings. The molecule has 160 valence electrons. The van der Waals surface area contributed by atoms with Crippen LogP contribution >= 0.6 is 0 Å². The number of anilines is 1. The summed E-state index contributed by atoms with van der Waals surface area (Å²) < 4.78 is 7.29. The van der Waals surface area contributed by atoms with Crippen LogP contribution in [-0.2, 0) is 11.3 Å². The van der Waals surface area contributed by atoms with Crippen molar-refractivity contribution in [3.8, 4) is 17.3 Å². The van der Waals surface area contributed by atoms with E-state index in [1.54, 1.807) is 53.4 Å². The highest BCUT2D eigenvalue weighted by Gasteiger charge is 2.26. The lowest BCUT2D eigenvalue weighted by Gasteiger charge is -2.28. The summed E-state index contributed by atoms with van der Waals surface area (Å²) >= 11 is 0. The van der Waals surface area contributed by atoms with Crippen LogP contribution < -0.4 is 4.90 Å². The minimum absolute atomic E-state index is 0.236. The second-order valence-corrected chi connectivity index (χ2v) is 8.22. The number of fused-ring (bicyclic) bond motifs is 1. The molecule has 8 nitrogen and oxygen atoms in total. The lowest BCUT2D eigenvalue weighted by molar-refractivity contribution is 0.0575. The average molecular weight is 426 g/mol. The third-order valence-electron chi connectivity index (χ3n) is 4.58. The van der Waals surface area contributed by atoms with E-state index in [0.29, 0.717) is 22.7 Å². The van der Waals surface area contributed by atoms with Gasteiger partial charge in [0.15, 0.2) is 5.65 Å². The van der Waals surface area contributed by atoms with Crippen molar-refractivity contribution in [2.24, 2.45) is 0 Å². The number of rotatable bonds is 4. The van der Waals surface area contributed by atoms with Crippen LogP contribution in [0, 0.1) is 11.3 Å². The van der Waals surface area contributed by atoms with Gasteiger partial charge in [0.1, 0.15) is 11.4 Å². The topological polar surface area (TPSA) is 96.4 Å². The summed E-state index contributed by atoms with van der Waals surface area (Å²) in [6, 6.07) is 16.6. The minimum Gasteiger partial charge on any atom is -0.443 e. The molecule has 0 radical (unpaired) electrons. The fraction of sp³-hybridized carbons (Fsp3) is 0.208. The zero-order chi connectivity index (χ0) is 22.7. The van der Waals surface area contributed by atoms with Crippen molar-refractivity contribution >= 4 is 17.6 Å². The first-order valence-electron chi connectivity index (χ1n) is 10.1. The number of carbonyl (C=O) groups excluding carboxylic acids is 1. The summed E-state index contributed by atoms with van der Waals surface area (Å²) in [7, 11) is 0. The predicted molar refractivity (Wildman–Crippen MR) is 120 cm³/mol. The van der Waals surface area contributed by atoms with Gasteiger partial charge in [-0.05, 0) is 44.5 Å². The van der Waals surface area contributed by atoms with Gasteiger partial charge >= 0.3 is 6.09 Å². The first-order chi connectivity index (χ1) is 15.3. The number of nitrogens with zero attached hydrogens (tertiary/aromatic N) is 6. The zero-order valence-corrected chi connectivity index (χ0v) is 18.1. The summed E-state index contributed by atoms with van der Waals surface area (Å²) in [4.78, 5) is 23.6. The van der Waals surface area contributed by atoms with Gasteiger partial charge in [0.2, 0.25) is 0 Å². The van der Waals surface area contributed by atoms with Crippen molar-refractivity contribution < 1.29 is 9.53 Å². The molecule has 0 atom stereocenters. The van der Waals surface area contributed by atoms with Crippen molar-refractivity contribution in [3.05, 3.63) is 78.2 Å². The van der Waals surface area contributed by atoms with E-state index in [9.17, 15) is 10.1 Å². The van der Waals surface area contributed by atoms with Gasteiger partial charge < -0.3 is 4.74 Å². The lowest BCUT2D eigenvalue weighted by Crippen LogP contribution is -2.37. The Morgan fingerprint density at radius 2 is 2.00 bits per heavy atom. The normalized spacial score (nSPS) is 11.2. The molecule has 3 aromatic heterocycles. The first kappa shape index (κ1) is 21.0. The van der Waals surface area contributed by atoms with E-state index >= 15 is 0 Å². The predicted octanol–water partition coefficient (Wildman–Crippen LogP) is 4.60. The highest BCUT2D eigenvalue weighted by Crippen LogP contribution is 2.27. The molecule has 0 aliphatic rings. The second-order valence-electron chi connectivity index (χ2n) is 8.22. The van der Waals surface area contributed by atoms with Gasteiger partial charge in [-0.15, -0.1) is 0 Å². The van der Waals surface area contributed by atoms with Crippen molar-refractivity contribution in [2.45, 2.75) is 32.9 Å². The van der Waals surface area contributed by atoms with E-state index < -0.39 is 11.7 Å². The number of aromatic nitrogens is 4. The molecule has 0 aliphatic heterocycles. The van der Waals surface area contributed by atoms with Crippen LogP contribution in [0.5, 0.6) is 0 Å². The van der Waals surface area contributed by atoms with E-state index in [4.69, 9.17) is 4.74 Å². The SMILES string of the molecule is CC(C)(C)OC(=O)N(Cc1cccnc1)c1cc(-c2cccc(C#N)c2)nc2ccnn12. The summed E-state index contributed by atoms with van der Waals surface area (Å²) in [6.07, 6.45) is 4.50. The Hall–Kier alpha value is -4.25. The number of hydrogen-bond donors (Lipinski definition) is 0. The summed E-state index contributed by atoms with van der Waals surface area (Å²) in [5, 5.41) is 13.6. The molecule has 8 heteroatoms. The van der Waals surface area contributed by atoms with Crippen LogP contribution in [-0.4, -0.2) is 31.3 Å². The second kappa shape index (κ2) is 8.47. The quantitative estimate of drug-likeness (QED) is 0.473. The third kappa shape index (κ3) is 4.57. The third-order valence-corrected chi connectivity index (χ3v) is 4.58. The average Bonchev–Trinajstić information content (AvgIpc) is 3.25. The maximum atomic E-state index is 13.3. The highest BCUT2D eigenvalue weighted by molar-refractivity contribution is 5.88. The fourth-order valence-corrected chi connectivity index (χ4v) is 3.22. The lowest BCUT2D eigenvalue weighted by atomic mass is 10.1. The van der Waals surface area contributed by atoms with Crippen LogP contribution in [0.1, 0.15) is 31.9 Å². The number of pyridine rings is 1. The standard InChI is InChI=1S/C24H22N6O2/c1-24(2,3)32-23(31)29(16-18-7-5-10-26-15-18)22-13-20(28-21-9-11-27-30(21)22)19-8-4-6-17(12-19)14-25/h4-13,15H,16H2,1-3H3. The molecule has 0 saturated heterocycles. The van der Waals surface area contributed by atoms with Gasteiger partial charge in [-0.3, -0.25) is 9.88 Å². The molecular weight excluding hydrogens is 404 g/mol. The summed E-state index contributed by atoms with van der Waals surface area (Å²) in [5.41, 5.74) is 2.64. The Labute approximate surface area is 185 Å². The summed E-state index contributed by atoms with van der Waals surface area (Å²) in [6.45, 7) is 5.70. The van der Waals surface area contributed by atoms with Gasteiger partial charge in [-0.2, -0.15) is 14.9 Å². The van der Waals surface area contributed by atoms with Gasteiger partial charge in [0, 0.05) is 30.1 Å². The number of carbonyl (C=O) groups is 1. The largest absolute Gasteiger partial charge is 0.443 e. The molecule has 0 N–H and O–H groups in total. The summed E-state index contributed by atoms with van der Waals surface area (Å²) in [5.74, 6) is 0.496. The van der Waals surface area contributed by atoms with Crippen LogP contribution in [0.3, 0.4) is 0 Å². The monoisotopic (exact) mass is 426 g/mol. The smallest absolute Gasteiger partial charge is 0.416 e. The van der Waals surface area contributed by atoms with Crippen molar-refractivity contribution in [3.63, 3.8) is 0 Å². The van der Waals surface area contributed by atoms with Crippen LogP contribution in [0.15, 0.2) is 67.1 Å². The zero-order valence-electron chi connectivity index (χ0n) is 18.1. The van der Waals surface area contributed by atoms with Crippen LogP contribution in [0.25, 0.3) is 16.9 Å². The molecule has 0 aliphatic carbocycles. The molecule has 0 fully saturated rings. The maximum absolute atomic E-state index is 13.3. The van der Waals surface area contributed by atoms with Gasteiger partial charge in [0.05, 0.1) is 30.1 Å². The molecule has 0 saturated carbocycles. The molecule has 0 bridgehead atoms.